The van der Waals surface area contributed by atoms with Gasteiger partial charge in [-0.25, -0.2) is 0 Å². The lowest BCUT2D eigenvalue weighted by Gasteiger charge is -2.07. The van der Waals surface area contributed by atoms with E-state index in [0.29, 0.717) is 16.9 Å². The molecule has 2 aromatic heterocycles. The molecule has 1 amide bonds. The van der Waals surface area contributed by atoms with Gasteiger partial charge in [-0.15, -0.1) is 11.3 Å². The van der Waals surface area contributed by atoms with Gasteiger partial charge < -0.3 is 5.32 Å². The minimum absolute atomic E-state index is 0.0912. The fraction of sp³-hybridized carbons (Fsp3) is 0.312. The number of hydrogen-bond acceptors (Lipinski definition) is 4. The molecule has 0 radical (unpaired) electrons. The maximum Gasteiger partial charge on any atom is 0.261 e. The highest BCUT2D eigenvalue weighted by molar-refractivity contribution is 7.12. The van der Waals surface area contributed by atoms with Gasteiger partial charge in [-0.05, 0) is 37.4 Å². The number of pyridine rings is 1. The lowest BCUT2D eigenvalue weighted by molar-refractivity contribution is 0.0889. The summed E-state index contributed by atoms with van der Waals surface area (Å²) in [5.41, 5.74) is 0.632. The normalized spacial score (nSPS) is 11.7. The van der Waals surface area contributed by atoms with E-state index < -0.39 is 0 Å². The number of thiophene rings is 1. The highest BCUT2D eigenvalue weighted by Gasteiger charge is 2.09. The minimum atomic E-state index is -0.145. The van der Waals surface area contributed by atoms with E-state index in [4.69, 9.17) is 0 Å². The Hall–Kier alpha value is -2.21. The number of nitrogens with one attached hydrogen (secondary N) is 1. The van der Waals surface area contributed by atoms with Gasteiger partial charge in [0, 0.05) is 25.2 Å². The van der Waals surface area contributed by atoms with Gasteiger partial charge in [0.1, 0.15) is 5.49 Å². The molecule has 0 saturated carbocycles. The molecule has 0 aromatic carbocycles. The van der Waals surface area contributed by atoms with Crippen LogP contribution in [0, 0.1) is 0 Å². The van der Waals surface area contributed by atoms with Gasteiger partial charge in [0.15, 0.2) is 0 Å². The summed E-state index contributed by atoms with van der Waals surface area (Å²) in [6.07, 6.45) is 1.93. The van der Waals surface area contributed by atoms with Crippen molar-refractivity contribution in [2.75, 3.05) is 6.54 Å². The van der Waals surface area contributed by atoms with E-state index in [1.54, 1.807) is 18.3 Å². The van der Waals surface area contributed by atoms with Gasteiger partial charge in [-0.2, -0.15) is 0 Å². The van der Waals surface area contributed by atoms with Gasteiger partial charge in [-0.3, -0.25) is 19.1 Å². The van der Waals surface area contributed by atoms with Crippen LogP contribution in [0.15, 0.2) is 46.9 Å². The van der Waals surface area contributed by atoms with Crippen LogP contribution in [0.5, 0.6) is 0 Å². The Morgan fingerprint density at radius 3 is 2.77 bits per heavy atom. The van der Waals surface area contributed by atoms with Crippen molar-refractivity contribution in [1.82, 2.24) is 9.88 Å². The third-order valence-electron chi connectivity index (χ3n) is 2.87. The Morgan fingerprint density at radius 1 is 1.27 bits per heavy atom. The lowest BCUT2D eigenvalue weighted by atomic mass is 10.3. The number of amides is 1. The molecule has 116 valence electrons. The van der Waals surface area contributed by atoms with Gasteiger partial charge in [-0.1, -0.05) is 12.1 Å². The first-order chi connectivity index (χ1) is 10.6. The second-order valence-electron chi connectivity index (χ2n) is 5.03. The van der Waals surface area contributed by atoms with Crippen LogP contribution in [0.1, 0.15) is 34.7 Å². The van der Waals surface area contributed by atoms with E-state index in [2.05, 4.69) is 10.3 Å². The average molecular weight is 317 g/mol. The van der Waals surface area contributed by atoms with Crippen molar-refractivity contribution in [3.63, 3.8) is 0 Å². The summed E-state index contributed by atoms with van der Waals surface area (Å²) >= 11 is 1.38. The number of hydrogen-bond donors (Lipinski definition) is 1. The monoisotopic (exact) mass is 317 g/mol. The van der Waals surface area contributed by atoms with E-state index in [-0.39, 0.29) is 24.3 Å². The number of nitrogens with zero attached hydrogens (tertiary/aromatic N) is 2. The average Bonchev–Trinajstić information content (AvgIpc) is 3.01. The third-order valence-corrected chi connectivity index (χ3v) is 3.74. The molecule has 1 N–H and O–H groups in total. The number of carbonyl (C=O) groups is 2. The molecule has 2 heterocycles. The van der Waals surface area contributed by atoms with Crippen LogP contribution in [0.2, 0.25) is 0 Å². The maximum absolute atomic E-state index is 12.3. The zero-order valence-corrected chi connectivity index (χ0v) is 13.5. The molecule has 0 saturated heterocycles. The zero-order valence-electron chi connectivity index (χ0n) is 12.7. The molecular formula is C16H19N3O2S. The van der Waals surface area contributed by atoms with Crippen molar-refractivity contribution in [2.45, 2.75) is 26.3 Å². The first-order valence-electron chi connectivity index (χ1n) is 7.14. The van der Waals surface area contributed by atoms with Crippen molar-refractivity contribution in [2.24, 2.45) is 4.99 Å². The number of carbonyl (C=O) groups excluding carboxylic acids is 2. The SMILES string of the molecule is CC(C)N=c1ccccn1C(=O)CCNC(=O)c1cccs1. The molecule has 0 aliphatic carbocycles. The fourth-order valence-electron chi connectivity index (χ4n) is 1.91. The number of rotatable bonds is 5. The summed E-state index contributed by atoms with van der Waals surface area (Å²) in [4.78, 5) is 29.1. The number of aromatic nitrogens is 1. The smallest absolute Gasteiger partial charge is 0.261 e. The summed E-state index contributed by atoms with van der Waals surface area (Å²) in [6.45, 7) is 4.23. The topological polar surface area (TPSA) is 63.5 Å². The Balaban J connectivity index is 1.97. The largest absolute Gasteiger partial charge is 0.351 e. The van der Waals surface area contributed by atoms with Crippen molar-refractivity contribution >= 4 is 23.2 Å². The second kappa shape index (κ2) is 7.70. The lowest BCUT2D eigenvalue weighted by Crippen LogP contribution is -2.31. The second-order valence-corrected chi connectivity index (χ2v) is 5.98. The maximum atomic E-state index is 12.3. The quantitative estimate of drug-likeness (QED) is 0.920. The van der Waals surface area contributed by atoms with Gasteiger partial charge in [0.05, 0.1) is 4.88 Å². The zero-order chi connectivity index (χ0) is 15.9. The summed E-state index contributed by atoms with van der Waals surface area (Å²) in [5, 5.41) is 4.60. The molecule has 2 rings (SSSR count). The van der Waals surface area contributed by atoms with E-state index in [9.17, 15) is 9.59 Å². The van der Waals surface area contributed by atoms with E-state index in [0.717, 1.165) is 0 Å². The standard InChI is InChI=1S/C16H19N3O2S/c1-12(2)18-14-7-3-4-10-19(14)15(20)8-9-17-16(21)13-6-5-11-22-13/h3-7,10-12H,8-9H2,1-2H3,(H,17,21). The highest BCUT2D eigenvalue weighted by Crippen LogP contribution is 2.07. The van der Waals surface area contributed by atoms with Crippen LogP contribution in [0.25, 0.3) is 0 Å². The molecule has 22 heavy (non-hydrogen) atoms. The van der Waals surface area contributed by atoms with Crippen molar-refractivity contribution < 1.29 is 9.59 Å². The molecule has 6 heteroatoms. The van der Waals surface area contributed by atoms with Gasteiger partial charge in [0.2, 0.25) is 5.91 Å². The van der Waals surface area contributed by atoms with Crippen molar-refractivity contribution in [3.8, 4) is 0 Å². The summed E-state index contributed by atoms with van der Waals surface area (Å²) in [7, 11) is 0. The van der Waals surface area contributed by atoms with Gasteiger partial charge in [0.25, 0.3) is 5.91 Å². The summed E-state index contributed by atoms with van der Waals surface area (Å²) in [6, 6.07) is 9.14. The highest BCUT2D eigenvalue weighted by atomic mass is 32.1. The Kier molecular flexibility index (Phi) is 5.66. The fourth-order valence-corrected chi connectivity index (χ4v) is 2.55. The molecule has 0 aliphatic heterocycles. The molecule has 0 atom stereocenters. The molecule has 0 unspecified atom stereocenters. The van der Waals surface area contributed by atoms with Crippen LogP contribution in [0.3, 0.4) is 0 Å². The van der Waals surface area contributed by atoms with Crippen LogP contribution in [0.4, 0.5) is 0 Å². The Labute approximate surface area is 133 Å². The minimum Gasteiger partial charge on any atom is -0.351 e. The first-order valence-corrected chi connectivity index (χ1v) is 8.02. The van der Waals surface area contributed by atoms with Crippen LogP contribution in [-0.4, -0.2) is 29.0 Å². The Morgan fingerprint density at radius 2 is 2.09 bits per heavy atom. The predicted octanol–water partition coefficient (Wildman–Crippen LogP) is 2.32. The van der Waals surface area contributed by atoms with Crippen LogP contribution < -0.4 is 10.8 Å². The van der Waals surface area contributed by atoms with Gasteiger partial charge >= 0.3 is 0 Å². The van der Waals surface area contributed by atoms with Crippen molar-refractivity contribution in [3.05, 3.63) is 52.3 Å². The van der Waals surface area contributed by atoms with Crippen LogP contribution >= 0.6 is 11.3 Å². The Bertz CT molecular complexity index is 702. The van der Waals surface area contributed by atoms with E-state index in [1.807, 2.05) is 37.4 Å². The van der Waals surface area contributed by atoms with Crippen LogP contribution in [-0.2, 0) is 0 Å². The molecular weight excluding hydrogens is 298 g/mol. The molecule has 0 aliphatic rings. The predicted molar refractivity (Wildman–Crippen MR) is 87.0 cm³/mol. The van der Waals surface area contributed by atoms with Crippen molar-refractivity contribution in [1.29, 1.82) is 0 Å². The summed E-state index contributed by atoms with van der Waals surface area (Å²) in [5.74, 6) is -0.237. The van der Waals surface area contributed by atoms with E-state index in [1.165, 1.54) is 15.9 Å². The third kappa shape index (κ3) is 4.39. The molecule has 0 spiro atoms. The van der Waals surface area contributed by atoms with E-state index >= 15 is 0 Å². The first kappa shape index (κ1) is 16.2. The molecule has 2 aromatic rings. The summed E-state index contributed by atoms with van der Waals surface area (Å²) < 4.78 is 1.53. The molecule has 0 fully saturated rings. The molecule has 5 nitrogen and oxygen atoms in total. The molecule has 0 bridgehead atoms.